The third-order valence-electron chi connectivity index (χ3n) is 2.75. The highest BCUT2D eigenvalue weighted by Gasteiger charge is 2.42. The molecule has 1 saturated heterocycles. The molecule has 1 aliphatic heterocycles. The number of thiazole rings is 1. The number of quaternary nitrogens is 1. The van der Waals surface area contributed by atoms with Crippen molar-refractivity contribution < 1.29 is 9.50 Å². The van der Waals surface area contributed by atoms with Gasteiger partial charge in [-0.3, -0.25) is 4.65 Å². The second kappa shape index (κ2) is 4.79. The normalized spacial score (nSPS) is 29.7. The van der Waals surface area contributed by atoms with Gasteiger partial charge in [0.25, 0.3) is 5.13 Å². The monoisotopic (exact) mass is 259 g/mol. The highest BCUT2D eigenvalue weighted by atomic mass is 32.1. The Morgan fingerprint density at radius 3 is 3.18 bits per heavy atom. The number of β-amino-alcohol motifs (C(OH)–C–C–N with tert-alkyl or cyclic N) is 1. The Balaban J connectivity index is 2.12. The molecule has 1 aliphatic rings. The fourth-order valence-electron chi connectivity index (χ4n) is 1.86. The van der Waals surface area contributed by atoms with Crippen LogP contribution < -0.4 is 4.65 Å². The molecule has 1 aromatic heterocycles. The quantitative estimate of drug-likeness (QED) is 0.502. The lowest BCUT2D eigenvalue weighted by Crippen LogP contribution is -2.48. The summed E-state index contributed by atoms with van der Waals surface area (Å²) < 4.78 is 11.9. The number of nitrogens with zero attached hydrogens (tertiary/aromatic N) is 3. The Labute approximate surface area is 103 Å². The van der Waals surface area contributed by atoms with Crippen LogP contribution in [0, 0.1) is 10.3 Å². The van der Waals surface area contributed by atoms with Gasteiger partial charge in [0.05, 0.1) is 12.7 Å². The Morgan fingerprint density at radius 1 is 1.82 bits per heavy atom. The van der Waals surface area contributed by atoms with E-state index in [9.17, 15) is 14.7 Å². The topological polar surface area (TPSA) is 59.4 Å². The highest BCUT2D eigenvalue weighted by molar-refractivity contribution is 7.13. The van der Waals surface area contributed by atoms with Crippen LogP contribution in [0.1, 0.15) is 6.42 Å². The molecule has 5 nitrogen and oxygen atoms in total. The molecule has 2 heterocycles. The van der Waals surface area contributed by atoms with Crippen molar-refractivity contribution in [2.24, 2.45) is 0 Å². The fraction of sp³-hybridized carbons (Fsp3) is 0.500. The minimum Gasteiger partial charge on any atom is -0.623 e. The van der Waals surface area contributed by atoms with Crippen molar-refractivity contribution in [2.75, 3.05) is 19.8 Å². The van der Waals surface area contributed by atoms with E-state index in [1.54, 1.807) is 6.08 Å². The van der Waals surface area contributed by atoms with Crippen molar-refractivity contribution in [2.45, 2.75) is 12.6 Å². The highest BCUT2D eigenvalue weighted by Crippen LogP contribution is 2.33. The van der Waals surface area contributed by atoms with E-state index in [1.807, 2.05) is 4.90 Å². The number of hydroxylamine groups is 2. The summed E-state index contributed by atoms with van der Waals surface area (Å²) in [6.07, 6.45) is 2.41. The average molecular weight is 259 g/mol. The SMILES string of the molecule is C=CCCN1CC(O)[N+]([O-])(c2ncc(F)s2)C1. The number of hydrogen-bond donors (Lipinski definition) is 1. The van der Waals surface area contributed by atoms with Crippen molar-refractivity contribution in [1.29, 1.82) is 0 Å². The summed E-state index contributed by atoms with van der Waals surface area (Å²) in [4.78, 5) is 5.56. The van der Waals surface area contributed by atoms with Crippen molar-refractivity contribution in [3.63, 3.8) is 0 Å². The van der Waals surface area contributed by atoms with Gasteiger partial charge >= 0.3 is 0 Å². The molecule has 0 saturated carbocycles. The molecule has 1 N–H and O–H groups in total. The summed E-state index contributed by atoms with van der Waals surface area (Å²) in [5.74, 6) is 0. The summed E-state index contributed by atoms with van der Waals surface area (Å²) in [6, 6.07) is 0. The van der Waals surface area contributed by atoms with Crippen LogP contribution in [0.4, 0.5) is 9.52 Å². The molecule has 7 heteroatoms. The standard InChI is InChI=1S/C10H14FN3O2S/c1-2-3-4-13-6-9(15)14(16,7-13)10-12-5-8(11)17-10/h2,5,9,15H,1,3-4,6-7H2. The first kappa shape index (κ1) is 12.6. The zero-order chi connectivity index (χ0) is 12.5. The van der Waals surface area contributed by atoms with Crippen molar-refractivity contribution in [3.8, 4) is 0 Å². The molecule has 0 aliphatic carbocycles. The second-order valence-electron chi connectivity index (χ2n) is 4.02. The van der Waals surface area contributed by atoms with E-state index in [-0.39, 0.29) is 18.3 Å². The molecule has 0 aromatic carbocycles. The predicted molar refractivity (Wildman–Crippen MR) is 64.5 cm³/mol. The van der Waals surface area contributed by atoms with E-state index in [0.29, 0.717) is 17.9 Å². The van der Waals surface area contributed by atoms with Crippen LogP contribution in [-0.4, -0.2) is 41.0 Å². The van der Waals surface area contributed by atoms with E-state index in [1.165, 1.54) is 0 Å². The average Bonchev–Trinajstić information content (AvgIpc) is 2.83. The molecule has 2 atom stereocenters. The van der Waals surface area contributed by atoms with Crippen molar-refractivity contribution in [3.05, 3.63) is 29.2 Å². The molecular formula is C10H14FN3O2S. The smallest absolute Gasteiger partial charge is 0.292 e. The summed E-state index contributed by atoms with van der Waals surface area (Å²) in [5.41, 5.74) is 0. The van der Waals surface area contributed by atoms with Crippen LogP contribution in [0.3, 0.4) is 0 Å². The van der Waals surface area contributed by atoms with Gasteiger partial charge in [-0.2, -0.15) is 9.37 Å². The lowest BCUT2D eigenvalue weighted by Gasteiger charge is -2.37. The summed E-state index contributed by atoms with van der Waals surface area (Å²) >= 11 is 0.689. The van der Waals surface area contributed by atoms with Gasteiger partial charge in [0.15, 0.2) is 0 Å². The predicted octanol–water partition coefficient (Wildman–Crippen LogP) is 1.25. The van der Waals surface area contributed by atoms with Gasteiger partial charge in [-0.15, -0.1) is 6.58 Å². The molecule has 1 aromatic rings. The molecule has 0 spiro atoms. The molecule has 17 heavy (non-hydrogen) atoms. The third kappa shape index (κ3) is 2.38. The number of aromatic nitrogens is 1. The van der Waals surface area contributed by atoms with Gasteiger partial charge in [-0.05, 0) is 17.8 Å². The van der Waals surface area contributed by atoms with Gasteiger partial charge in [0, 0.05) is 6.54 Å². The van der Waals surface area contributed by atoms with Crippen LogP contribution in [-0.2, 0) is 0 Å². The van der Waals surface area contributed by atoms with Gasteiger partial charge in [0.1, 0.15) is 6.67 Å². The fourth-order valence-corrected chi connectivity index (χ4v) is 2.58. The molecule has 2 unspecified atom stereocenters. The number of rotatable bonds is 4. The maximum Gasteiger partial charge on any atom is 0.292 e. The van der Waals surface area contributed by atoms with Crippen LogP contribution in [0.2, 0.25) is 0 Å². The molecule has 0 bridgehead atoms. The summed E-state index contributed by atoms with van der Waals surface area (Å²) in [5, 5.41) is 21.8. The van der Waals surface area contributed by atoms with E-state index in [0.717, 1.165) is 12.6 Å². The molecule has 0 radical (unpaired) electrons. The number of halogens is 1. The van der Waals surface area contributed by atoms with Crippen LogP contribution >= 0.6 is 11.3 Å². The van der Waals surface area contributed by atoms with Gasteiger partial charge in [-0.1, -0.05) is 6.08 Å². The Hall–Kier alpha value is -0.860. The Kier molecular flexibility index (Phi) is 3.55. The maximum absolute atomic E-state index is 12.9. The van der Waals surface area contributed by atoms with Crippen LogP contribution in [0.25, 0.3) is 0 Å². The first-order chi connectivity index (χ1) is 8.06. The first-order valence-electron chi connectivity index (χ1n) is 5.28. The molecular weight excluding hydrogens is 245 g/mol. The molecule has 94 valence electrons. The Bertz CT molecular complexity index is 414. The van der Waals surface area contributed by atoms with Crippen molar-refractivity contribution in [1.82, 2.24) is 14.5 Å². The lowest BCUT2D eigenvalue weighted by molar-refractivity contribution is 0.0847. The van der Waals surface area contributed by atoms with Gasteiger partial charge in [0.2, 0.25) is 11.4 Å². The van der Waals surface area contributed by atoms with Crippen molar-refractivity contribution >= 4 is 16.5 Å². The lowest BCUT2D eigenvalue weighted by atomic mass is 10.4. The minimum absolute atomic E-state index is 0.0658. The van der Waals surface area contributed by atoms with E-state index in [4.69, 9.17) is 0 Å². The molecule has 0 amide bonds. The maximum atomic E-state index is 12.9. The van der Waals surface area contributed by atoms with Gasteiger partial charge in [-0.25, -0.2) is 4.90 Å². The van der Waals surface area contributed by atoms with E-state index < -0.39 is 16.0 Å². The van der Waals surface area contributed by atoms with Crippen LogP contribution in [0.5, 0.6) is 0 Å². The largest absolute Gasteiger partial charge is 0.623 e. The number of aliphatic hydroxyl groups excluding tert-OH is 1. The zero-order valence-corrected chi connectivity index (χ0v) is 10.1. The minimum atomic E-state index is -1.11. The first-order valence-corrected chi connectivity index (χ1v) is 6.10. The molecule has 1 fully saturated rings. The summed E-state index contributed by atoms with van der Waals surface area (Å²) in [6.45, 7) is 4.65. The van der Waals surface area contributed by atoms with Crippen LogP contribution in [0.15, 0.2) is 18.9 Å². The van der Waals surface area contributed by atoms with Gasteiger partial charge < -0.3 is 10.3 Å². The number of hydrogen-bond acceptors (Lipinski definition) is 5. The van der Waals surface area contributed by atoms with E-state index in [2.05, 4.69) is 11.6 Å². The zero-order valence-electron chi connectivity index (χ0n) is 9.25. The van der Waals surface area contributed by atoms with E-state index >= 15 is 0 Å². The summed E-state index contributed by atoms with van der Waals surface area (Å²) in [7, 11) is 0. The Morgan fingerprint density at radius 2 is 2.59 bits per heavy atom. The second-order valence-corrected chi connectivity index (χ2v) is 4.98. The molecule has 2 rings (SSSR count). The third-order valence-corrected chi connectivity index (χ3v) is 3.65. The number of aliphatic hydroxyl groups is 1.